The molecular weight excluding hydrogens is 324 g/mol. The van der Waals surface area contributed by atoms with Crippen molar-refractivity contribution < 1.29 is 4.79 Å². The molecule has 3 heterocycles. The van der Waals surface area contributed by atoms with Gasteiger partial charge in [-0.15, -0.1) is 0 Å². The van der Waals surface area contributed by atoms with E-state index in [1.165, 1.54) is 0 Å². The standard InChI is InChI=1S/C21H24N4O/c1-16-11-14-24(15-12-16)20(26)10-9-19-23-18-8-5-13-22-21(18)25(19)17-6-3-2-4-7-17/h2-8,13,16H,9-12,14-15H2,1H3. The van der Waals surface area contributed by atoms with E-state index in [1.54, 1.807) is 6.20 Å². The van der Waals surface area contributed by atoms with Crippen molar-refractivity contribution in [1.29, 1.82) is 0 Å². The largest absolute Gasteiger partial charge is 0.343 e. The molecule has 2 aromatic heterocycles. The van der Waals surface area contributed by atoms with Crippen LogP contribution in [0.1, 0.15) is 32.0 Å². The van der Waals surface area contributed by atoms with E-state index >= 15 is 0 Å². The van der Waals surface area contributed by atoms with E-state index in [2.05, 4.69) is 16.5 Å². The average Bonchev–Trinajstić information content (AvgIpc) is 3.05. The molecule has 5 heteroatoms. The average molecular weight is 348 g/mol. The van der Waals surface area contributed by atoms with Crippen LogP contribution in [0.5, 0.6) is 0 Å². The number of hydrogen-bond donors (Lipinski definition) is 0. The Labute approximate surface area is 153 Å². The maximum atomic E-state index is 12.6. The Morgan fingerprint density at radius 1 is 1.12 bits per heavy atom. The zero-order valence-electron chi connectivity index (χ0n) is 15.1. The topological polar surface area (TPSA) is 51.0 Å². The first-order valence-corrected chi connectivity index (χ1v) is 9.38. The van der Waals surface area contributed by atoms with Crippen molar-refractivity contribution in [3.8, 4) is 5.69 Å². The Kier molecular flexibility index (Phi) is 4.69. The monoisotopic (exact) mass is 348 g/mol. The molecule has 0 aliphatic carbocycles. The number of fused-ring (bicyclic) bond motifs is 1. The fourth-order valence-electron chi connectivity index (χ4n) is 3.61. The lowest BCUT2D eigenvalue weighted by atomic mass is 9.99. The van der Waals surface area contributed by atoms with E-state index in [0.717, 1.165) is 54.5 Å². The third kappa shape index (κ3) is 3.34. The van der Waals surface area contributed by atoms with Crippen molar-refractivity contribution in [2.24, 2.45) is 5.92 Å². The number of likely N-dealkylation sites (tertiary alicyclic amines) is 1. The number of pyridine rings is 1. The Morgan fingerprint density at radius 3 is 2.65 bits per heavy atom. The van der Waals surface area contributed by atoms with Gasteiger partial charge in [0.2, 0.25) is 5.91 Å². The van der Waals surface area contributed by atoms with Gasteiger partial charge in [0.25, 0.3) is 0 Å². The molecule has 134 valence electrons. The van der Waals surface area contributed by atoms with Crippen LogP contribution in [-0.4, -0.2) is 38.4 Å². The smallest absolute Gasteiger partial charge is 0.223 e. The molecule has 0 unspecified atom stereocenters. The Morgan fingerprint density at radius 2 is 1.88 bits per heavy atom. The zero-order valence-corrected chi connectivity index (χ0v) is 15.1. The molecule has 0 N–H and O–H groups in total. The molecular formula is C21H24N4O. The molecule has 1 aliphatic rings. The van der Waals surface area contributed by atoms with Gasteiger partial charge < -0.3 is 4.90 Å². The second-order valence-electron chi connectivity index (χ2n) is 7.11. The van der Waals surface area contributed by atoms with E-state index in [-0.39, 0.29) is 5.91 Å². The van der Waals surface area contributed by atoms with Gasteiger partial charge in [-0.1, -0.05) is 25.1 Å². The summed E-state index contributed by atoms with van der Waals surface area (Å²) >= 11 is 0. The van der Waals surface area contributed by atoms with Crippen LogP contribution in [0.3, 0.4) is 0 Å². The minimum atomic E-state index is 0.233. The van der Waals surface area contributed by atoms with Gasteiger partial charge >= 0.3 is 0 Å². The number of piperidine rings is 1. The summed E-state index contributed by atoms with van der Waals surface area (Å²) in [6.07, 6.45) is 5.12. The van der Waals surface area contributed by atoms with E-state index in [9.17, 15) is 4.79 Å². The predicted molar refractivity (Wildman–Crippen MR) is 102 cm³/mol. The van der Waals surface area contributed by atoms with Crippen LogP contribution in [-0.2, 0) is 11.2 Å². The SMILES string of the molecule is CC1CCN(C(=O)CCc2nc3cccnc3n2-c2ccccc2)CC1. The van der Waals surface area contributed by atoms with E-state index in [4.69, 9.17) is 4.98 Å². The minimum Gasteiger partial charge on any atom is -0.343 e. The van der Waals surface area contributed by atoms with E-state index < -0.39 is 0 Å². The third-order valence-electron chi connectivity index (χ3n) is 5.20. The number of nitrogens with zero attached hydrogens (tertiary/aromatic N) is 4. The normalized spacial score (nSPS) is 15.5. The summed E-state index contributed by atoms with van der Waals surface area (Å²) in [6.45, 7) is 4.03. The van der Waals surface area contributed by atoms with Gasteiger partial charge in [0.05, 0.1) is 0 Å². The number of para-hydroxylation sites is 1. The lowest BCUT2D eigenvalue weighted by Crippen LogP contribution is -2.38. The summed E-state index contributed by atoms with van der Waals surface area (Å²) in [4.78, 5) is 23.9. The molecule has 26 heavy (non-hydrogen) atoms. The first-order chi connectivity index (χ1) is 12.7. The van der Waals surface area contributed by atoms with Crippen molar-refractivity contribution in [1.82, 2.24) is 19.4 Å². The number of hydrogen-bond acceptors (Lipinski definition) is 3. The number of benzene rings is 1. The van der Waals surface area contributed by atoms with Gasteiger partial charge in [0, 0.05) is 37.8 Å². The molecule has 4 rings (SSSR count). The van der Waals surface area contributed by atoms with Crippen LogP contribution >= 0.6 is 0 Å². The van der Waals surface area contributed by atoms with E-state index in [0.29, 0.717) is 12.8 Å². The van der Waals surface area contributed by atoms with Gasteiger partial charge in [-0.3, -0.25) is 9.36 Å². The maximum absolute atomic E-state index is 12.6. The second-order valence-corrected chi connectivity index (χ2v) is 7.11. The fraction of sp³-hybridized carbons (Fsp3) is 0.381. The van der Waals surface area contributed by atoms with Crippen LogP contribution in [0, 0.1) is 5.92 Å². The molecule has 1 saturated heterocycles. The molecule has 1 amide bonds. The number of aryl methyl sites for hydroxylation is 1. The first kappa shape index (κ1) is 16.8. The van der Waals surface area contributed by atoms with Crippen molar-refractivity contribution in [3.05, 3.63) is 54.5 Å². The van der Waals surface area contributed by atoms with Gasteiger partial charge in [-0.25, -0.2) is 9.97 Å². The van der Waals surface area contributed by atoms with E-state index in [1.807, 2.05) is 47.4 Å². The van der Waals surface area contributed by atoms with Crippen molar-refractivity contribution >= 4 is 17.1 Å². The Hall–Kier alpha value is -2.69. The number of carbonyl (C=O) groups excluding carboxylic acids is 1. The second kappa shape index (κ2) is 7.28. The zero-order chi connectivity index (χ0) is 17.9. The Balaban J connectivity index is 1.57. The number of carbonyl (C=O) groups is 1. The van der Waals surface area contributed by atoms with Gasteiger partial charge in [0.15, 0.2) is 5.65 Å². The minimum absolute atomic E-state index is 0.233. The summed E-state index contributed by atoms with van der Waals surface area (Å²) in [5.41, 5.74) is 2.74. The van der Waals surface area contributed by atoms with Crippen molar-refractivity contribution in [2.45, 2.75) is 32.6 Å². The molecule has 5 nitrogen and oxygen atoms in total. The lowest BCUT2D eigenvalue weighted by Gasteiger charge is -2.30. The predicted octanol–water partition coefficient (Wildman–Crippen LogP) is 3.61. The van der Waals surface area contributed by atoms with Crippen LogP contribution in [0.15, 0.2) is 48.7 Å². The lowest BCUT2D eigenvalue weighted by molar-refractivity contribution is -0.132. The van der Waals surface area contributed by atoms with Crippen LogP contribution in [0.25, 0.3) is 16.9 Å². The van der Waals surface area contributed by atoms with Crippen molar-refractivity contribution in [2.75, 3.05) is 13.1 Å². The van der Waals surface area contributed by atoms with Gasteiger partial charge in [-0.2, -0.15) is 0 Å². The summed E-state index contributed by atoms with van der Waals surface area (Å²) in [5, 5.41) is 0. The number of rotatable bonds is 4. The third-order valence-corrected chi connectivity index (χ3v) is 5.20. The molecule has 3 aromatic rings. The highest BCUT2D eigenvalue weighted by Crippen LogP contribution is 2.22. The fourth-order valence-corrected chi connectivity index (χ4v) is 3.61. The highest BCUT2D eigenvalue weighted by molar-refractivity contribution is 5.77. The van der Waals surface area contributed by atoms with Crippen LogP contribution in [0.4, 0.5) is 0 Å². The summed E-state index contributed by atoms with van der Waals surface area (Å²) in [6, 6.07) is 14.0. The highest BCUT2D eigenvalue weighted by Gasteiger charge is 2.21. The number of amides is 1. The molecule has 1 aliphatic heterocycles. The molecule has 1 aromatic carbocycles. The number of aromatic nitrogens is 3. The number of imidazole rings is 1. The maximum Gasteiger partial charge on any atom is 0.223 e. The van der Waals surface area contributed by atoms with Crippen LogP contribution in [0.2, 0.25) is 0 Å². The molecule has 0 bridgehead atoms. The Bertz CT molecular complexity index is 895. The quantitative estimate of drug-likeness (QED) is 0.724. The molecule has 0 spiro atoms. The summed E-state index contributed by atoms with van der Waals surface area (Å²) < 4.78 is 2.07. The first-order valence-electron chi connectivity index (χ1n) is 9.38. The van der Waals surface area contributed by atoms with Gasteiger partial charge in [-0.05, 0) is 43.0 Å². The van der Waals surface area contributed by atoms with Crippen molar-refractivity contribution in [3.63, 3.8) is 0 Å². The highest BCUT2D eigenvalue weighted by atomic mass is 16.2. The summed E-state index contributed by atoms with van der Waals surface area (Å²) in [7, 11) is 0. The van der Waals surface area contributed by atoms with Gasteiger partial charge in [0.1, 0.15) is 11.3 Å². The molecule has 0 atom stereocenters. The summed E-state index contributed by atoms with van der Waals surface area (Å²) in [5.74, 6) is 1.85. The van der Waals surface area contributed by atoms with Crippen LogP contribution < -0.4 is 0 Å². The molecule has 0 radical (unpaired) electrons. The molecule has 0 saturated carbocycles. The molecule has 1 fully saturated rings.